The zero-order valence-corrected chi connectivity index (χ0v) is 10.4. The highest BCUT2D eigenvalue weighted by molar-refractivity contribution is 5.90. The summed E-state index contributed by atoms with van der Waals surface area (Å²) in [6, 6.07) is 1.81. The number of aromatic nitrogens is 4. The first-order chi connectivity index (χ1) is 8.72. The molecule has 0 saturated heterocycles. The summed E-state index contributed by atoms with van der Waals surface area (Å²) in [5.41, 5.74) is 0.880. The van der Waals surface area contributed by atoms with E-state index in [4.69, 9.17) is 4.74 Å². The van der Waals surface area contributed by atoms with Gasteiger partial charge in [-0.05, 0) is 19.4 Å². The summed E-state index contributed by atoms with van der Waals surface area (Å²) in [5.74, 6) is 0.266. The normalized spacial score (nSPS) is 10.8. The first kappa shape index (κ1) is 12.4. The third kappa shape index (κ3) is 2.62. The van der Waals surface area contributed by atoms with E-state index in [1.54, 1.807) is 17.8 Å². The van der Waals surface area contributed by atoms with E-state index in [0.29, 0.717) is 18.9 Å². The van der Waals surface area contributed by atoms with Crippen molar-refractivity contribution in [2.75, 3.05) is 20.3 Å². The Morgan fingerprint density at radius 1 is 1.56 bits per heavy atom. The van der Waals surface area contributed by atoms with Gasteiger partial charge in [0.25, 0.3) is 11.7 Å². The van der Waals surface area contributed by atoms with Crippen molar-refractivity contribution in [3.63, 3.8) is 0 Å². The lowest BCUT2D eigenvalue weighted by Crippen LogP contribution is -2.26. The van der Waals surface area contributed by atoms with Crippen LogP contribution in [0.2, 0.25) is 0 Å². The van der Waals surface area contributed by atoms with Crippen molar-refractivity contribution in [3.8, 4) is 0 Å². The highest BCUT2D eigenvalue weighted by Gasteiger charge is 2.13. The maximum Gasteiger partial charge on any atom is 0.291 e. The van der Waals surface area contributed by atoms with Crippen molar-refractivity contribution >= 4 is 11.7 Å². The maximum absolute atomic E-state index is 11.8. The lowest BCUT2D eigenvalue weighted by molar-refractivity contribution is 0.0938. The van der Waals surface area contributed by atoms with Gasteiger partial charge in [-0.15, -0.1) is 5.10 Å². The van der Waals surface area contributed by atoms with Gasteiger partial charge in [0.1, 0.15) is 0 Å². The monoisotopic (exact) mass is 249 g/mol. The summed E-state index contributed by atoms with van der Waals surface area (Å²) in [6.07, 6.45) is 2.40. The molecule has 2 rings (SSSR count). The lowest BCUT2D eigenvalue weighted by atomic mass is 10.4. The molecule has 0 radical (unpaired) electrons. The van der Waals surface area contributed by atoms with Gasteiger partial charge in [0.05, 0.1) is 0 Å². The molecular formula is C11H15N5O2. The second-order valence-electron chi connectivity index (χ2n) is 3.84. The molecule has 7 heteroatoms. The van der Waals surface area contributed by atoms with Crippen molar-refractivity contribution in [1.82, 2.24) is 24.9 Å². The number of ether oxygens (including phenoxy) is 1. The number of carbonyl (C=O) groups is 1. The zero-order chi connectivity index (χ0) is 13.0. The summed E-state index contributed by atoms with van der Waals surface area (Å²) in [7, 11) is 1.62. The number of amides is 1. The van der Waals surface area contributed by atoms with E-state index in [9.17, 15) is 4.79 Å². The number of hydrogen-bond donors (Lipinski definition) is 1. The summed E-state index contributed by atoms with van der Waals surface area (Å²) in [4.78, 5) is 19.9. The molecule has 0 atom stereocenters. The fraction of sp³-hybridized carbons (Fsp3) is 0.455. The predicted molar refractivity (Wildman–Crippen MR) is 64.3 cm³/mol. The lowest BCUT2D eigenvalue weighted by Gasteiger charge is -2.00. The van der Waals surface area contributed by atoms with Gasteiger partial charge in [0, 0.05) is 32.2 Å². The number of carbonyl (C=O) groups excluding carboxylic acids is 1. The second kappa shape index (κ2) is 5.54. The van der Waals surface area contributed by atoms with Gasteiger partial charge < -0.3 is 10.1 Å². The number of fused-ring (bicyclic) bond motifs is 1. The molecule has 2 aromatic rings. The Morgan fingerprint density at radius 3 is 3.11 bits per heavy atom. The third-order valence-electron chi connectivity index (χ3n) is 2.44. The Kier molecular flexibility index (Phi) is 3.83. The number of rotatable bonds is 5. The van der Waals surface area contributed by atoms with Crippen molar-refractivity contribution in [3.05, 3.63) is 23.8 Å². The molecule has 0 fully saturated rings. The fourth-order valence-electron chi connectivity index (χ4n) is 1.50. The van der Waals surface area contributed by atoms with Crippen LogP contribution in [0.3, 0.4) is 0 Å². The first-order valence-corrected chi connectivity index (χ1v) is 5.68. The van der Waals surface area contributed by atoms with E-state index in [0.717, 1.165) is 12.1 Å². The molecule has 0 spiro atoms. The van der Waals surface area contributed by atoms with E-state index < -0.39 is 0 Å². The van der Waals surface area contributed by atoms with E-state index in [1.165, 1.54) is 0 Å². The first-order valence-electron chi connectivity index (χ1n) is 5.68. The van der Waals surface area contributed by atoms with E-state index in [2.05, 4.69) is 20.4 Å². The van der Waals surface area contributed by atoms with Crippen LogP contribution in [0.15, 0.2) is 12.3 Å². The molecule has 2 heterocycles. The van der Waals surface area contributed by atoms with Crippen LogP contribution in [0.4, 0.5) is 0 Å². The molecule has 18 heavy (non-hydrogen) atoms. The van der Waals surface area contributed by atoms with Crippen LogP contribution in [0.25, 0.3) is 5.78 Å². The summed E-state index contributed by atoms with van der Waals surface area (Å²) < 4.78 is 6.44. The van der Waals surface area contributed by atoms with Gasteiger partial charge in [-0.1, -0.05) is 0 Å². The average molecular weight is 249 g/mol. The van der Waals surface area contributed by atoms with Crippen LogP contribution in [-0.2, 0) is 4.74 Å². The van der Waals surface area contributed by atoms with Crippen LogP contribution < -0.4 is 5.32 Å². The van der Waals surface area contributed by atoms with E-state index in [1.807, 2.05) is 13.0 Å². The van der Waals surface area contributed by atoms with Gasteiger partial charge in [-0.2, -0.15) is 4.98 Å². The Hall–Kier alpha value is -2.02. The standard InChI is InChI=1S/C11H15N5O2/c1-8-4-6-13-11-14-9(15-16(8)11)10(17)12-5-3-7-18-2/h4,6H,3,5,7H2,1-2H3,(H,12,17). The molecular weight excluding hydrogens is 234 g/mol. The summed E-state index contributed by atoms with van der Waals surface area (Å²) in [6.45, 7) is 3.03. The number of nitrogens with zero attached hydrogens (tertiary/aromatic N) is 4. The van der Waals surface area contributed by atoms with E-state index in [-0.39, 0.29) is 11.7 Å². The van der Waals surface area contributed by atoms with Crippen LogP contribution in [0.5, 0.6) is 0 Å². The molecule has 0 aliphatic carbocycles. The molecule has 1 N–H and O–H groups in total. The molecule has 96 valence electrons. The Labute approximate surface area is 104 Å². The molecule has 0 aromatic carbocycles. The molecule has 7 nitrogen and oxygen atoms in total. The largest absolute Gasteiger partial charge is 0.385 e. The fourth-order valence-corrected chi connectivity index (χ4v) is 1.50. The van der Waals surface area contributed by atoms with Crippen molar-refractivity contribution in [2.45, 2.75) is 13.3 Å². The van der Waals surface area contributed by atoms with E-state index >= 15 is 0 Å². The molecule has 0 bridgehead atoms. The quantitative estimate of drug-likeness (QED) is 0.765. The topological polar surface area (TPSA) is 81.4 Å². The Balaban J connectivity index is 2.06. The summed E-state index contributed by atoms with van der Waals surface area (Å²) in [5, 5.41) is 6.84. The highest BCUT2D eigenvalue weighted by Crippen LogP contribution is 2.01. The number of hydrogen-bond acceptors (Lipinski definition) is 5. The molecule has 0 aliphatic rings. The zero-order valence-electron chi connectivity index (χ0n) is 10.4. The van der Waals surface area contributed by atoms with Gasteiger partial charge in [-0.3, -0.25) is 4.79 Å². The number of methoxy groups -OCH3 is 1. The van der Waals surface area contributed by atoms with Gasteiger partial charge in [0.15, 0.2) is 0 Å². The van der Waals surface area contributed by atoms with Crippen LogP contribution >= 0.6 is 0 Å². The Bertz CT molecular complexity index is 551. The third-order valence-corrected chi connectivity index (χ3v) is 2.44. The van der Waals surface area contributed by atoms with Crippen LogP contribution in [0, 0.1) is 6.92 Å². The SMILES string of the molecule is COCCCNC(=O)c1nc2nccc(C)n2n1. The van der Waals surface area contributed by atoms with Gasteiger partial charge in [0.2, 0.25) is 5.82 Å². The van der Waals surface area contributed by atoms with Gasteiger partial charge >= 0.3 is 0 Å². The molecule has 0 unspecified atom stereocenters. The number of nitrogens with one attached hydrogen (secondary N) is 1. The summed E-state index contributed by atoms with van der Waals surface area (Å²) >= 11 is 0. The predicted octanol–water partition coefficient (Wildman–Crippen LogP) is 0.199. The number of aryl methyl sites for hydroxylation is 1. The van der Waals surface area contributed by atoms with Crippen LogP contribution in [0.1, 0.15) is 22.7 Å². The second-order valence-corrected chi connectivity index (χ2v) is 3.84. The maximum atomic E-state index is 11.8. The minimum Gasteiger partial charge on any atom is -0.385 e. The minimum absolute atomic E-state index is 0.134. The van der Waals surface area contributed by atoms with Crippen LogP contribution in [-0.4, -0.2) is 45.8 Å². The molecule has 2 aromatic heterocycles. The molecule has 0 aliphatic heterocycles. The molecule has 0 saturated carbocycles. The van der Waals surface area contributed by atoms with Crippen molar-refractivity contribution < 1.29 is 9.53 Å². The van der Waals surface area contributed by atoms with Gasteiger partial charge in [-0.25, -0.2) is 9.50 Å². The smallest absolute Gasteiger partial charge is 0.291 e. The minimum atomic E-state index is -0.295. The Morgan fingerprint density at radius 2 is 2.39 bits per heavy atom. The van der Waals surface area contributed by atoms with Crippen molar-refractivity contribution in [1.29, 1.82) is 0 Å². The highest BCUT2D eigenvalue weighted by atomic mass is 16.5. The average Bonchev–Trinajstić information content (AvgIpc) is 2.80. The van der Waals surface area contributed by atoms with Crippen molar-refractivity contribution in [2.24, 2.45) is 0 Å². The molecule has 1 amide bonds.